The predicted octanol–water partition coefficient (Wildman–Crippen LogP) is 4.64. The van der Waals surface area contributed by atoms with E-state index < -0.39 is 0 Å². The molecule has 0 saturated carbocycles. The lowest BCUT2D eigenvalue weighted by Crippen LogP contribution is -1.98. The largest absolute Gasteiger partial charge is 0.338 e. The number of nitrogens with zero attached hydrogens (tertiary/aromatic N) is 2. The van der Waals surface area contributed by atoms with Crippen LogP contribution in [0.15, 0.2) is 42.5 Å². The van der Waals surface area contributed by atoms with E-state index in [4.69, 9.17) is 11.6 Å². The number of hydrogen-bond donors (Lipinski definition) is 1. The molecule has 0 amide bonds. The molecule has 0 aliphatic rings. The van der Waals surface area contributed by atoms with E-state index in [0.29, 0.717) is 11.0 Å². The van der Waals surface area contributed by atoms with Crippen LogP contribution in [0.5, 0.6) is 0 Å². The fourth-order valence-electron chi connectivity index (χ4n) is 2.24. The Hall–Kier alpha value is -2.13. The van der Waals surface area contributed by atoms with Gasteiger partial charge in [0.1, 0.15) is 0 Å². The molecule has 0 saturated heterocycles. The molecular formula is C16H14ClN3. The number of hydrogen-bond acceptors (Lipinski definition) is 3. The van der Waals surface area contributed by atoms with Gasteiger partial charge >= 0.3 is 0 Å². The van der Waals surface area contributed by atoms with Gasteiger partial charge in [-0.05, 0) is 49.2 Å². The Labute approximate surface area is 122 Å². The summed E-state index contributed by atoms with van der Waals surface area (Å²) in [6.45, 7) is 4.12. The van der Waals surface area contributed by atoms with E-state index in [9.17, 15) is 0 Å². The smallest absolute Gasteiger partial charge is 0.172 e. The van der Waals surface area contributed by atoms with E-state index in [0.717, 1.165) is 16.7 Å². The van der Waals surface area contributed by atoms with Crippen molar-refractivity contribution in [3.63, 3.8) is 0 Å². The van der Waals surface area contributed by atoms with E-state index in [-0.39, 0.29) is 0 Å². The van der Waals surface area contributed by atoms with Gasteiger partial charge in [-0.15, -0.1) is 0 Å². The number of aromatic nitrogens is 2. The summed E-state index contributed by atoms with van der Waals surface area (Å²) in [6, 6.07) is 13.9. The first-order chi connectivity index (χ1) is 9.61. The molecular weight excluding hydrogens is 270 g/mol. The van der Waals surface area contributed by atoms with Crippen LogP contribution in [0.2, 0.25) is 5.15 Å². The van der Waals surface area contributed by atoms with Crippen LogP contribution < -0.4 is 5.32 Å². The van der Waals surface area contributed by atoms with Gasteiger partial charge in [0.15, 0.2) is 11.0 Å². The van der Waals surface area contributed by atoms with Crippen molar-refractivity contribution in [2.24, 2.45) is 0 Å². The summed E-state index contributed by atoms with van der Waals surface area (Å²) in [5.41, 5.74) is 4.97. The first-order valence-electron chi connectivity index (χ1n) is 6.39. The number of aryl methyl sites for hydroxylation is 2. The number of rotatable bonds is 2. The summed E-state index contributed by atoms with van der Waals surface area (Å²) in [5, 5.41) is 3.62. The molecule has 4 heteroatoms. The van der Waals surface area contributed by atoms with Gasteiger partial charge in [-0.1, -0.05) is 29.8 Å². The highest BCUT2D eigenvalue weighted by Gasteiger charge is 2.07. The maximum absolute atomic E-state index is 6.20. The van der Waals surface area contributed by atoms with Crippen molar-refractivity contribution in [2.75, 3.05) is 5.32 Å². The second-order valence-electron chi connectivity index (χ2n) is 4.85. The standard InChI is InChI=1S/C16H14ClN3/c1-10-7-11(2)9-12(8-10)18-16-15(17)19-13-5-3-4-6-14(13)20-16/h3-9H,1-2H3,(H,18,20). The van der Waals surface area contributed by atoms with Crippen LogP contribution in [0.1, 0.15) is 11.1 Å². The molecule has 0 fully saturated rings. The zero-order valence-corrected chi connectivity index (χ0v) is 12.1. The van der Waals surface area contributed by atoms with Crippen molar-refractivity contribution in [3.05, 3.63) is 58.7 Å². The fourth-order valence-corrected chi connectivity index (χ4v) is 2.42. The highest BCUT2D eigenvalue weighted by atomic mass is 35.5. The average Bonchev–Trinajstić information content (AvgIpc) is 2.38. The molecule has 0 aliphatic carbocycles. The van der Waals surface area contributed by atoms with Gasteiger partial charge in [0.05, 0.1) is 11.0 Å². The molecule has 1 N–H and O–H groups in total. The number of anilines is 2. The highest BCUT2D eigenvalue weighted by molar-refractivity contribution is 6.32. The molecule has 0 bridgehead atoms. The summed E-state index contributed by atoms with van der Waals surface area (Å²) in [4.78, 5) is 8.88. The topological polar surface area (TPSA) is 37.8 Å². The van der Waals surface area contributed by atoms with Gasteiger partial charge in [-0.2, -0.15) is 0 Å². The fraction of sp³-hybridized carbons (Fsp3) is 0.125. The van der Waals surface area contributed by atoms with Gasteiger partial charge in [0.2, 0.25) is 0 Å². The number of para-hydroxylation sites is 2. The highest BCUT2D eigenvalue weighted by Crippen LogP contribution is 2.25. The quantitative estimate of drug-likeness (QED) is 0.744. The Morgan fingerprint density at radius 3 is 2.15 bits per heavy atom. The maximum Gasteiger partial charge on any atom is 0.172 e. The molecule has 20 heavy (non-hydrogen) atoms. The van der Waals surface area contributed by atoms with Crippen LogP contribution >= 0.6 is 11.6 Å². The molecule has 1 heterocycles. The lowest BCUT2D eigenvalue weighted by atomic mass is 10.1. The molecule has 3 aromatic rings. The SMILES string of the molecule is Cc1cc(C)cc(Nc2nc3ccccc3nc2Cl)c1. The Balaban J connectivity index is 2.03. The second kappa shape index (κ2) is 5.10. The van der Waals surface area contributed by atoms with Gasteiger partial charge in [0.25, 0.3) is 0 Å². The maximum atomic E-state index is 6.20. The van der Waals surface area contributed by atoms with Gasteiger partial charge in [0, 0.05) is 5.69 Å². The minimum Gasteiger partial charge on any atom is -0.338 e. The third-order valence-electron chi connectivity index (χ3n) is 3.01. The van der Waals surface area contributed by atoms with Crippen LogP contribution in [0.4, 0.5) is 11.5 Å². The third-order valence-corrected chi connectivity index (χ3v) is 3.28. The summed E-state index contributed by atoms with van der Waals surface area (Å²) >= 11 is 6.20. The normalized spacial score (nSPS) is 10.8. The number of benzene rings is 2. The van der Waals surface area contributed by atoms with Gasteiger partial charge in [-0.25, -0.2) is 9.97 Å². The van der Waals surface area contributed by atoms with E-state index in [1.54, 1.807) is 0 Å². The average molecular weight is 284 g/mol. The molecule has 100 valence electrons. The Morgan fingerprint density at radius 2 is 1.50 bits per heavy atom. The van der Waals surface area contributed by atoms with Crippen molar-refractivity contribution in [2.45, 2.75) is 13.8 Å². The Bertz CT molecular complexity index is 764. The Morgan fingerprint density at radius 1 is 0.900 bits per heavy atom. The molecule has 3 nitrogen and oxygen atoms in total. The number of halogens is 1. The minimum absolute atomic E-state index is 0.378. The van der Waals surface area contributed by atoms with E-state index in [2.05, 4.69) is 47.3 Å². The van der Waals surface area contributed by atoms with Gasteiger partial charge in [-0.3, -0.25) is 0 Å². The molecule has 0 aliphatic heterocycles. The lowest BCUT2D eigenvalue weighted by Gasteiger charge is -2.10. The first-order valence-corrected chi connectivity index (χ1v) is 6.77. The number of fused-ring (bicyclic) bond motifs is 1. The predicted molar refractivity (Wildman–Crippen MR) is 83.7 cm³/mol. The molecule has 0 radical (unpaired) electrons. The molecule has 1 aromatic heterocycles. The minimum atomic E-state index is 0.378. The van der Waals surface area contributed by atoms with Crippen LogP contribution in [0, 0.1) is 13.8 Å². The Kier molecular flexibility index (Phi) is 3.28. The molecule has 3 rings (SSSR count). The van der Waals surface area contributed by atoms with Crippen LogP contribution in [-0.2, 0) is 0 Å². The molecule has 0 spiro atoms. The summed E-state index contributed by atoms with van der Waals surface area (Å²) in [7, 11) is 0. The molecule has 0 atom stereocenters. The molecule has 0 unspecified atom stereocenters. The monoisotopic (exact) mass is 283 g/mol. The zero-order chi connectivity index (χ0) is 14.1. The summed E-state index contributed by atoms with van der Waals surface area (Å²) in [6.07, 6.45) is 0. The third kappa shape index (κ3) is 2.58. The van der Waals surface area contributed by atoms with Crippen molar-refractivity contribution >= 4 is 34.1 Å². The van der Waals surface area contributed by atoms with Crippen molar-refractivity contribution in [3.8, 4) is 0 Å². The summed E-state index contributed by atoms with van der Waals surface area (Å²) in [5.74, 6) is 0.579. The van der Waals surface area contributed by atoms with E-state index in [1.165, 1.54) is 11.1 Å². The van der Waals surface area contributed by atoms with Crippen LogP contribution in [-0.4, -0.2) is 9.97 Å². The van der Waals surface area contributed by atoms with E-state index >= 15 is 0 Å². The van der Waals surface area contributed by atoms with Crippen molar-refractivity contribution in [1.82, 2.24) is 9.97 Å². The van der Waals surface area contributed by atoms with Crippen molar-refractivity contribution in [1.29, 1.82) is 0 Å². The number of nitrogens with one attached hydrogen (secondary N) is 1. The zero-order valence-electron chi connectivity index (χ0n) is 11.3. The van der Waals surface area contributed by atoms with Crippen molar-refractivity contribution < 1.29 is 0 Å². The van der Waals surface area contributed by atoms with Gasteiger partial charge < -0.3 is 5.32 Å². The second-order valence-corrected chi connectivity index (χ2v) is 5.21. The first kappa shape index (κ1) is 12.9. The summed E-state index contributed by atoms with van der Waals surface area (Å²) < 4.78 is 0. The lowest BCUT2D eigenvalue weighted by molar-refractivity contribution is 1.27. The van der Waals surface area contributed by atoms with E-state index in [1.807, 2.05) is 24.3 Å². The van der Waals surface area contributed by atoms with Crippen LogP contribution in [0.3, 0.4) is 0 Å². The van der Waals surface area contributed by atoms with Crippen LogP contribution in [0.25, 0.3) is 11.0 Å². The molecule has 2 aromatic carbocycles.